The number of benzene rings is 2. The Bertz CT molecular complexity index is 940. The van der Waals surface area contributed by atoms with Crippen LogP contribution in [-0.4, -0.2) is 42.6 Å². The Morgan fingerprint density at radius 2 is 1.79 bits per heavy atom. The quantitative estimate of drug-likeness (QED) is 0.392. The molecule has 0 atom stereocenters. The summed E-state index contributed by atoms with van der Waals surface area (Å²) in [6, 6.07) is 12.5. The highest BCUT2D eigenvalue weighted by Crippen LogP contribution is 2.28. The van der Waals surface area contributed by atoms with E-state index >= 15 is 0 Å². The predicted molar refractivity (Wildman–Crippen MR) is 106 cm³/mol. The monoisotopic (exact) mass is 400 g/mol. The normalized spacial score (nSPS) is 10.5. The number of Topliss-reactive ketones (excluding diaryl/α,β-unsaturated/α-hetero) is 1. The zero-order valence-electron chi connectivity index (χ0n) is 15.8. The Morgan fingerprint density at radius 3 is 2.46 bits per heavy atom. The number of hydrogen-bond acceptors (Lipinski definition) is 8. The summed E-state index contributed by atoms with van der Waals surface area (Å²) in [6.45, 7) is 2.53. The summed E-state index contributed by atoms with van der Waals surface area (Å²) in [7, 11) is 3.07. The topological polar surface area (TPSA) is 83.7 Å². The van der Waals surface area contributed by atoms with E-state index in [1.165, 1.54) is 18.9 Å². The fourth-order valence-corrected chi connectivity index (χ4v) is 3.13. The predicted octanol–water partition coefficient (Wildman–Crippen LogP) is 4.13. The largest absolute Gasteiger partial charge is 0.497 e. The number of hydrogen-bond donors (Lipinski definition) is 0. The van der Waals surface area contributed by atoms with E-state index < -0.39 is 0 Å². The van der Waals surface area contributed by atoms with E-state index in [2.05, 4.69) is 10.2 Å². The average molecular weight is 400 g/mol. The lowest BCUT2D eigenvalue weighted by Gasteiger charge is -2.08. The maximum Gasteiger partial charge on any atom is 0.277 e. The number of nitrogens with zero attached hydrogens (tertiary/aromatic N) is 2. The minimum absolute atomic E-state index is 0.124. The molecule has 0 aliphatic rings. The van der Waals surface area contributed by atoms with Crippen LogP contribution in [0.4, 0.5) is 0 Å². The second kappa shape index (κ2) is 9.27. The van der Waals surface area contributed by atoms with E-state index in [0.717, 1.165) is 11.3 Å². The molecular formula is C20H20N2O5S. The molecule has 0 aliphatic heterocycles. The van der Waals surface area contributed by atoms with Crippen LogP contribution in [0.1, 0.15) is 17.3 Å². The number of carbonyl (C=O) groups is 1. The summed E-state index contributed by atoms with van der Waals surface area (Å²) in [5.41, 5.74) is 1.23. The second-order valence-electron chi connectivity index (χ2n) is 5.61. The Hall–Kier alpha value is -3.00. The molecule has 0 aliphatic carbocycles. The van der Waals surface area contributed by atoms with Crippen molar-refractivity contribution in [3.8, 4) is 28.7 Å². The van der Waals surface area contributed by atoms with Crippen molar-refractivity contribution in [3.05, 3.63) is 48.0 Å². The van der Waals surface area contributed by atoms with Gasteiger partial charge in [0.1, 0.15) is 17.2 Å². The van der Waals surface area contributed by atoms with Crippen molar-refractivity contribution in [1.82, 2.24) is 10.2 Å². The summed E-state index contributed by atoms with van der Waals surface area (Å²) in [5, 5.41) is 8.36. The first-order chi connectivity index (χ1) is 13.6. The molecule has 0 saturated heterocycles. The Labute approximate surface area is 167 Å². The zero-order chi connectivity index (χ0) is 19.9. The molecule has 0 unspecified atom stereocenters. The van der Waals surface area contributed by atoms with Crippen LogP contribution < -0.4 is 14.2 Å². The van der Waals surface area contributed by atoms with E-state index in [4.69, 9.17) is 18.6 Å². The first-order valence-corrected chi connectivity index (χ1v) is 9.58. The molecule has 0 amide bonds. The first kappa shape index (κ1) is 19.8. The van der Waals surface area contributed by atoms with Crippen LogP contribution in [0.3, 0.4) is 0 Å². The SMILES string of the molecule is CCOc1ccc(-c2nnc(SCC(=O)c3cc(OC)ccc3OC)o2)cc1. The summed E-state index contributed by atoms with van der Waals surface area (Å²) in [4.78, 5) is 12.6. The number of carbonyl (C=O) groups excluding carboxylic acids is 1. The van der Waals surface area contributed by atoms with Crippen molar-refractivity contribution >= 4 is 17.5 Å². The third-order valence-electron chi connectivity index (χ3n) is 3.85. The van der Waals surface area contributed by atoms with E-state index in [1.54, 1.807) is 25.3 Å². The molecule has 8 heteroatoms. The first-order valence-electron chi connectivity index (χ1n) is 8.59. The molecule has 0 saturated carbocycles. The average Bonchev–Trinajstić information content (AvgIpc) is 3.21. The van der Waals surface area contributed by atoms with Gasteiger partial charge in [-0.15, -0.1) is 10.2 Å². The van der Waals surface area contributed by atoms with Gasteiger partial charge in [-0.3, -0.25) is 4.79 Å². The van der Waals surface area contributed by atoms with Crippen LogP contribution >= 0.6 is 11.8 Å². The van der Waals surface area contributed by atoms with Crippen LogP contribution in [0.25, 0.3) is 11.5 Å². The Balaban J connectivity index is 1.66. The van der Waals surface area contributed by atoms with E-state index in [-0.39, 0.29) is 11.5 Å². The summed E-state index contributed by atoms with van der Waals surface area (Å²) >= 11 is 1.17. The molecule has 28 heavy (non-hydrogen) atoms. The van der Waals surface area contributed by atoms with E-state index in [0.29, 0.717) is 34.8 Å². The molecule has 0 fully saturated rings. The lowest BCUT2D eigenvalue weighted by molar-refractivity contribution is 0.101. The lowest BCUT2D eigenvalue weighted by atomic mass is 10.1. The molecule has 1 aromatic heterocycles. The van der Waals surface area contributed by atoms with Gasteiger partial charge in [0.2, 0.25) is 5.89 Å². The number of methoxy groups -OCH3 is 2. The third kappa shape index (κ3) is 4.64. The van der Waals surface area contributed by atoms with Crippen molar-refractivity contribution in [3.63, 3.8) is 0 Å². The van der Waals surface area contributed by atoms with Gasteiger partial charge in [-0.2, -0.15) is 0 Å². The minimum atomic E-state index is -0.124. The number of thioether (sulfide) groups is 1. The van der Waals surface area contributed by atoms with Crippen molar-refractivity contribution in [2.75, 3.05) is 26.6 Å². The maximum absolute atomic E-state index is 12.6. The van der Waals surface area contributed by atoms with Crippen molar-refractivity contribution < 1.29 is 23.4 Å². The van der Waals surface area contributed by atoms with Gasteiger partial charge in [0.25, 0.3) is 5.22 Å². The Morgan fingerprint density at radius 1 is 1.04 bits per heavy atom. The van der Waals surface area contributed by atoms with Gasteiger partial charge >= 0.3 is 0 Å². The van der Waals surface area contributed by atoms with Gasteiger partial charge in [0.15, 0.2) is 5.78 Å². The molecule has 1 heterocycles. The molecular weight excluding hydrogens is 380 g/mol. The highest BCUT2D eigenvalue weighted by Gasteiger charge is 2.16. The third-order valence-corrected chi connectivity index (χ3v) is 4.67. The molecule has 146 valence electrons. The molecule has 0 N–H and O–H groups in total. The van der Waals surface area contributed by atoms with Crippen molar-refractivity contribution in [1.29, 1.82) is 0 Å². The maximum atomic E-state index is 12.6. The van der Waals surface area contributed by atoms with Gasteiger partial charge < -0.3 is 18.6 Å². The molecule has 3 aromatic rings. The Kier molecular flexibility index (Phi) is 6.54. The molecule has 7 nitrogen and oxygen atoms in total. The van der Waals surface area contributed by atoms with Crippen LogP contribution in [0.2, 0.25) is 0 Å². The summed E-state index contributed by atoms with van der Waals surface area (Å²) < 4.78 is 21.5. The van der Waals surface area contributed by atoms with Crippen molar-refractivity contribution in [2.24, 2.45) is 0 Å². The van der Waals surface area contributed by atoms with Gasteiger partial charge in [-0.05, 0) is 49.4 Å². The minimum Gasteiger partial charge on any atom is -0.497 e. The van der Waals surface area contributed by atoms with Gasteiger partial charge in [-0.25, -0.2) is 0 Å². The van der Waals surface area contributed by atoms with E-state index in [9.17, 15) is 4.79 Å². The number of ether oxygens (including phenoxy) is 3. The van der Waals surface area contributed by atoms with Crippen LogP contribution in [0.15, 0.2) is 52.1 Å². The number of ketones is 1. The van der Waals surface area contributed by atoms with Gasteiger partial charge in [-0.1, -0.05) is 11.8 Å². The van der Waals surface area contributed by atoms with Crippen LogP contribution in [0, 0.1) is 0 Å². The fraction of sp³-hybridized carbons (Fsp3) is 0.250. The zero-order valence-corrected chi connectivity index (χ0v) is 16.6. The lowest BCUT2D eigenvalue weighted by Crippen LogP contribution is -2.05. The standard InChI is InChI=1S/C20H20N2O5S/c1-4-26-14-7-5-13(6-8-14)19-21-22-20(27-19)28-12-17(23)16-11-15(24-2)9-10-18(16)25-3/h5-11H,4,12H2,1-3H3. The highest BCUT2D eigenvalue weighted by atomic mass is 32.2. The second-order valence-corrected chi connectivity index (χ2v) is 6.54. The molecule has 0 spiro atoms. The van der Waals surface area contributed by atoms with Crippen LogP contribution in [-0.2, 0) is 0 Å². The summed E-state index contributed by atoms with van der Waals surface area (Å²) in [5.74, 6) is 2.25. The molecule has 2 aromatic carbocycles. The summed E-state index contributed by atoms with van der Waals surface area (Å²) in [6.07, 6.45) is 0. The molecule has 0 radical (unpaired) electrons. The molecule has 3 rings (SSSR count). The smallest absolute Gasteiger partial charge is 0.277 e. The fourth-order valence-electron chi connectivity index (χ4n) is 2.48. The van der Waals surface area contributed by atoms with Gasteiger partial charge in [0.05, 0.1) is 32.1 Å². The number of aromatic nitrogens is 2. The van der Waals surface area contributed by atoms with Crippen LogP contribution in [0.5, 0.6) is 17.2 Å². The van der Waals surface area contributed by atoms with Crippen molar-refractivity contribution in [2.45, 2.75) is 12.1 Å². The van der Waals surface area contributed by atoms with E-state index in [1.807, 2.05) is 31.2 Å². The number of rotatable bonds is 9. The molecule has 0 bridgehead atoms. The highest BCUT2D eigenvalue weighted by molar-refractivity contribution is 7.99. The van der Waals surface area contributed by atoms with Gasteiger partial charge in [0, 0.05) is 5.56 Å².